The molecular formula is C77H53N5OPtSi-2. The van der Waals surface area contributed by atoms with Crippen molar-refractivity contribution >= 4 is 61.7 Å². The summed E-state index contributed by atoms with van der Waals surface area (Å²) in [7, 11) is -3.65. The van der Waals surface area contributed by atoms with Crippen LogP contribution in [0.3, 0.4) is 0 Å². The summed E-state index contributed by atoms with van der Waals surface area (Å²) in [6, 6.07) is 88.0. The maximum absolute atomic E-state index is 10.9. The predicted octanol–water partition coefficient (Wildman–Crippen LogP) is 15.1. The smallest absolute Gasteiger partial charge is 0.268 e. The van der Waals surface area contributed by atoms with Crippen molar-refractivity contribution in [3.63, 3.8) is 0 Å². The first-order chi connectivity index (χ1) is 42.9. The van der Waals surface area contributed by atoms with Crippen molar-refractivity contribution < 1.29 is 35.9 Å². The molecule has 0 atom stereocenters. The van der Waals surface area contributed by atoms with Crippen molar-refractivity contribution in [2.45, 2.75) is 26.2 Å². The maximum Gasteiger partial charge on any atom is 0.268 e. The largest absolute Gasteiger partial charge is 0.510 e. The molecule has 0 N–H and O–H groups in total. The Kier molecular flexibility index (Phi) is 12.2. The summed E-state index contributed by atoms with van der Waals surface area (Å²) in [4.78, 5) is 4.88. The first-order valence-corrected chi connectivity index (χ1v) is 30.1. The van der Waals surface area contributed by atoms with Crippen LogP contribution >= 0.6 is 0 Å². The Morgan fingerprint density at radius 3 is 1.80 bits per heavy atom. The summed E-state index contributed by atoms with van der Waals surface area (Å²) >= 11 is 0. The molecule has 1 aliphatic rings. The molecule has 0 saturated heterocycles. The number of hydrogen-bond donors (Lipinski definition) is 0. The Hall–Kier alpha value is -9.96. The van der Waals surface area contributed by atoms with Crippen molar-refractivity contribution in [3.05, 3.63) is 297 Å². The van der Waals surface area contributed by atoms with E-state index in [4.69, 9.17) is 9.72 Å². The molecule has 11 aromatic carbocycles. The van der Waals surface area contributed by atoms with Crippen LogP contribution in [0, 0.1) is 29.8 Å². The van der Waals surface area contributed by atoms with Crippen LogP contribution < -0.4 is 30.1 Å². The van der Waals surface area contributed by atoms with Gasteiger partial charge in [-0.1, -0.05) is 250 Å². The summed E-state index contributed by atoms with van der Waals surface area (Å²) < 4.78 is 53.8. The third kappa shape index (κ3) is 8.88. The van der Waals surface area contributed by atoms with E-state index in [0.29, 0.717) is 33.4 Å². The summed E-state index contributed by atoms with van der Waals surface area (Å²) in [5.74, 6) is 1.46. The summed E-state index contributed by atoms with van der Waals surface area (Å²) in [6.45, 7) is 6.57. The minimum atomic E-state index is -3.65. The first kappa shape index (κ1) is 48.6. The molecule has 0 saturated carbocycles. The second-order valence-electron chi connectivity index (χ2n) is 22.3. The quantitative estimate of drug-likeness (QED) is 0.0626. The number of aromatic nitrogens is 4. The number of ether oxygens (including phenoxy) is 1. The zero-order chi connectivity index (χ0) is 60.0. The van der Waals surface area contributed by atoms with E-state index in [9.17, 15) is 10.7 Å². The van der Waals surface area contributed by atoms with Crippen molar-refractivity contribution in [2.24, 2.45) is 0 Å². The van der Waals surface area contributed by atoms with E-state index < -0.39 is 8.07 Å². The van der Waals surface area contributed by atoms with Gasteiger partial charge in [0, 0.05) is 44.3 Å². The standard InChI is InChI=1S/C77H53N5OSi.Pt/c1-77(2,3)54-42-43-79-74(47-54)82-71-38-18-17-34-67(71)68-41-40-56(49-73(68)82)83-57-45-52(50-78)44-55(48-57)80-51-81-75-62(35-20-36-69(75)65-32-15-13-30-63(65)64-31-14-16-33-66(64)70-37-21-39-72(80)76(70)81)53-22-19-29-61(46-53)84(58-23-7-4-8-24-58,59-25-9-5-10-26-59)60-27-11-6-12-28-60;/h4-47H,1-3H3;/q-2;/i19D,22D,29D,46D;. The second kappa shape index (κ2) is 21.3. The number of rotatable bonds is 9. The predicted molar refractivity (Wildman–Crippen MR) is 342 cm³/mol. The monoisotopic (exact) mass is 1290 g/mol. The van der Waals surface area contributed by atoms with Crippen LogP contribution in [-0.2, 0) is 26.5 Å². The Morgan fingerprint density at radius 1 is 0.553 bits per heavy atom. The van der Waals surface area contributed by atoms with E-state index in [1.165, 1.54) is 0 Å². The fourth-order valence-electron chi connectivity index (χ4n) is 12.6. The maximum atomic E-state index is 10.9. The normalized spacial score (nSPS) is 12.5. The van der Waals surface area contributed by atoms with Gasteiger partial charge in [-0.2, -0.15) is 11.3 Å². The summed E-state index contributed by atoms with van der Waals surface area (Å²) in [5, 5.41) is 16.1. The molecule has 14 aromatic rings. The minimum Gasteiger partial charge on any atom is -0.510 e. The van der Waals surface area contributed by atoms with Gasteiger partial charge in [-0.3, -0.25) is 4.57 Å². The SMILES string of the molecule is [2H]c1c([2H])c(-c2cccc3c2-[n+]2[c-]n(-c4[c-]c(Oc5[c-]c6c(cc5)c5ccccc5n6-c5cc(C(C)(C)C)ccn5)cc(C#N)c4)c4cccc(c42)-c2ccccc2-c2ccccc2-3)c([2H])c([Si](c2ccccc2)(c2ccccc2)c2ccccc2)c1[2H].[Pt]. The van der Waals surface area contributed by atoms with Gasteiger partial charge in [-0.25, -0.2) is 4.98 Å². The van der Waals surface area contributed by atoms with Crippen molar-refractivity contribution in [3.8, 4) is 79.3 Å². The number of nitrogens with zero attached hydrogens (tertiary/aromatic N) is 5. The molecule has 0 fully saturated rings. The zero-order valence-electron chi connectivity index (χ0n) is 50.6. The molecule has 0 aliphatic carbocycles. The number of pyridine rings is 1. The van der Waals surface area contributed by atoms with Gasteiger partial charge < -0.3 is 13.9 Å². The minimum absolute atomic E-state index is 0. The number of nitriles is 1. The molecule has 0 radical (unpaired) electrons. The van der Waals surface area contributed by atoms with Crippen molar-refractivity contribution in [1.82, 2.24) is 14.1 Å². The number of imidazole rings is 1. The zero-order valence-corrected chi connectivity index (χ0v) is 49.8. The molecule has 1 aliphatic heterocycles. The van der Waals surface area contributed by atoms with Crippen LogP contribution in [0.15, 0.2) is 267 Å². The van der Waals surface area contributed by atoms with Crippen LogP contribution in [0.2, 0.25) is 0 Å². The molecule has 3 aromatic heterocycles. The van der Waals surface area contributed by atoms with Gasteiger partial charge in [-0.05, 0) is 106 Å². The fraction of sp³-hybridized carbons (Fsp3) is 0.0519. The number of para-hydroxylation sites is 3. The molecule has 15 rings (SSSR count). The molecule has 0 amide bonds. The molecule has 0 bridgehead atoms. The number of hydrogen-bond acceptors (Lipinski definition) is 3. The first-order valence-electron chi connectivity index (χ1n) is 30.1. The number of benzene rings is 11. The molecule has 4 heterocycles. The molecule has 0 spiro atoms. The van der Waals surface area contributed by atoms with Gasteiger partial charge >= 0.3 is 0 Å². The second-order valence-corrected chi connectivity index (χ2v) is 26.0. The molecule has 6 nitrogen and oxygen atoms in total. The Bertz CT molecular complexity index is 5090. The number of fused-ring (bicyclic) bond motifs is 10. The van der Waals surface area contributed by atoms with Crippen molar-refractivity contribution in [2.75, 3.05) is 0 Å². The van der Waals surface area contributed by atoms with Gasteiger partial charge in [0.2, 0.25) is 0 Å². The van der Waals surface area contributed by atoms with E-state index in [0.717, 1.165) is 93.2 Å². The van der Waals surface area contributed by atoms with Gasteiger partial charge in [0.25, 0.3) is 6.33 Å². The topological polar surface area (TPSA) is 59.6 Å². The average Bonchev–Trinajstić information content (AvgIpc) is 1.53. The van der Waals surface area contributed by atoms with Crippen LogP contribution in [0.5, 0.6) is 11.5 Å². The van der Waals surface area contributed by atoms with Crippen LogP contribution in [-0.4, -0.2) is 22.2 Å². The van der Waals surface area contributed by atoms with Crippen LogP contribution in [0.25, 0.3) is 94.5 Å². The van der Waals surface area contributed by atoms with E-state index in [1.807, 2.05) is 137 Å². The van der Waals surface area contributed by atoms with Gasteiger partial charge in [0.05, 0.1) is 28.3 Å². The van der Waals surface area contributed by atoms with Crippen molar-refractivity contribution in [1.29, 1.82) is 5.26 Å². The Morgan fingerprint density at radius 2 is 1.13 bits per heavy atom. The van der Waals surface area contributed by atoms with Crippen LogP contribution in [0.1, 0.15) is 37.4 Å². The molecule has 0 unspecified atom stereocenters. The van der Waals surface area contributed by atoms with Gasteiger partial charge in [-0.15, -0.1) is 35.7 Å². The third-order valence-corrected chi connectivity index (χ3v) is 21.0. The molecule has 408 valence electrons. The van der Waals surface area contributed by atoms with E-state index >= 15 is 0 Å². The van der Waals surface area contributed by atoms with Gasteiger partial charge in [0.1, 0.15) is 5.82 Å². The Balaban J connectivity index is 0.00000694. The van der Waals surface area contributed by atoms with Crippen LogP contribution in [0.4, 0.5) is 0 Å². The fourth-order valence-corrected chi connectivity index (χ4v) is 17.1. The van der Waals surface area contributed by atoms with Gasteiger partial charge in [0.15, 0.2) is 8.07 Å². The molecular weight excluding hydrogens is 1230 g/mol. The summed E-state index contributed by atoms with van der Waals surface area (Å²) in [6.07, 6.45) is 5.66. The Labute approximate surface area is 515 Å². The van der Waals surface area contributed by atoms with E-state index in [2.05, 4.69) is 153 Å². The average molecular weight is 1290 g/mol. The summed E-state index contributed by atoms with van der Waals surface area (Å²) in [5.41, 5.74) is 12.0. The molecule has 85 heavy (non-hydrogen) atoms. The third-order valence-electron chi connectivity index (χ3n) is 16.4. The molecule has 8 heteroatoms. The van der Waals surface area contributed by atoms with E-state index in [-0.39, 0.29) is 62.0 Å². The van der Waals surface area contributed by atoms with E-state index in [1.54, 1.807) is 12.1 Å².